The average molecular weight is 391 g/mol. The summed E-state index contributed by atoms with van der Waals surface area (Å²) in [5, 5.41) is 0. The molecule has 1 saturated heterocycles. The van der Waals surface area contributed by atoms with E-state index in [9.17, 15) is 4.79 Å². The lowest BCUT2D eigenvalue weighted by atomic mass is 9.56. The van der Waals surface area contributed by atoms with Crippen molar-refractivity contribution in [1.29, 1.82) is 0 Å². The summed E-state index contributed by atoms with van der Waals surface area (Å²) in [6, 6.07) is 0. The van der Waals surface area contributed by atoms with Crippen molar-refractivity contribution in [1.82, 2.24) is 0 Å². The maximum Gasteiger partial charge on any atom is 0.172 e. The molecule has 0 aromatic rings. The monoisotopic (exact) mass is 390 g/mol. The van der Waals surface area contributed by atoms with Gasteiger partial charge in [-0.2, -0.15) is 0 Å². The number of fused-ring (bicyclic) bond motifs is 4. The van der Waals surface area contributed by atoms with Crippen LogP contribution in [0.5, 0.6) is 0 Å². The summed E-state index contributed by atoms with van der Waals surface area (Å²) in [6.45, 7) is 3.76. The maximum atomic E-state index is 12.1. The van der Waals surface area contributed by atoms with Gasteiger partial charge in [-0.1, -0.05) is 18.6 Å². The molecule has 5 aliphatic rings. The van der Waals surface area contributed by atoms with E-state index in [2.05, 4.69) is 13.0 Å². The minimum absolute atomic E-state index is 0.0858. The molecule has 4 atom stereocenters. The lowest BCUT2D eigenvalue weighted by Gasteiger charge is -2.50. The molecule has 0 amide bonds. The van der Waals surface area contributed by atoms with Crippen LogP contribution in [0.4, 0.5) is 0 Å². The summed E-state index contributed by atoms with van der Waals surface area (Å²) in [5.41, 5.74) is 4.02. The summed E-state index contributed by atoms with van der Waals surface area (Å²) in [5.74, 6) is 0.787. The summed E-state index contributed by atoms with van der Waals surface area (Å²) < 4.78 is 18.0. The van der Waals surface area contributed by atoms with E-state index in [0.717, 1.165) is 64.4 Å². The van der Waals surface area contributed by atoms with Gasteiger partial charge in [-0.05, 0) is 73.5 Å². The Morgan fingerprint density at radius 1 is 1.22 bits per heavy atom. The number of carbonyl (C=O) groups excluding carboxylic acids is 1. The maximum absolute atomic E-state index is 12.1. The van der Waals surface area contributed by atoms with Gasteiger partial charge in [0.2, 0.25) is 0 Å². The lowest BCUT2D eigenvalue weighted by Crippen LogP contribution is -2.50. The van der Waals surface area contributed by atoms with Crippen molar-refractivity contribution in [2.45, 2.75) is 69.7 Å². The Labute approximate surface area is 166 Å². The Balaban J connectivity index is 1.47. The highest BCUT2D eigenvalue weighted by Crippen LogP contribution is 2.64. The molecule has 1 aliphatic heterocycles. The van der Waals surface area contributed by atoms with Crippen molar-refractivity contribution in [3.8, 4) is 0 Å². The van der Waals surface area contributed by atoms with E-state index >= 15 is 0 Å². The van der Waals surface area contributed by atoms with Crippen LogP contribution in [0, 0.1) is 17.3 Å². The van der Waals surface area contributed by atoms with Gasteiger partial charge in [-0.25, -0.2) is 0 Å². The summed E-state index contributed by atoms with van der Waals surface area (Å²) in [6.07, 6.45) is 13.7. The molecule has 148 valence electrons. The second-order valence-corrected chi connectivity index (χ2v) is 9.70. The molecule has 0 aromatic heterocycles. The molecule has 2 unspecified atom stereocenters. The molecular weight excluding hydrogens is 360 g/mol. The predicted molar refractivity (Wildman–Crippen MR) is 105 cm³/mol. The molecule has 1 saturated carbocycles. The second-order valence-electron chi connectivity index (χ2n) is 9.20. The van der Waals surface area contributed by atoms with Crippen LogP contribution in [0.25, 0.3) is 0 Å². The Hall–Kier alpha value is -0.620. The van der Waals surface area contributed by atoms with E-state index in [4.69, 9.17) is 13.7 Å². The molecule has 27 heavy (non-hydrogen) atoms. The molecule has 2 fully saturated rings. The van der Waals surface area contributed by atoms with Gasteiger partial charge in [0.25, 0.3) is 0 Å². The van der Waals surface area contributed by atoms with E-state index in [0.29, 0.717) is 11.8 Å². The van der Waals surface area contributed by atoms with Crippen molar-refractivity contribution < 1.29 is 18.5 Å². The fourth-order valence-electron chi connectivity index (χ4n) is 6.82. The summed E-state index contributed by atoms with van der Waals surface area (Å²) in [4.78, 5) is 12.1. The number of aldehydes is 1. The van der Waals surface area contributed by atoms with Crippen molar-refractivity contribution in [2.75, 3.05) is 19.5 Å². The lowest BCUT2D eigenvalue weighted by molar-refractivity contribution is -0.164. The highest BCUT2D eigenvalue weighted by molar-refractivity contribution is 7.94. The summed E-state index contributed by atoms with van der Waals surface area (Å²) >= 11 is 1.35. The number of carbonyl (C=O) groups is 1. The Morgan fingerprint density at radius 3 is 2.78 bits per heavy atom. The van der Waals surface area contributed by atoms with Crippen LogP contribution in [0.1, 0.15) is 58.3 Å². The van der Waals surface area contributed by atoms with E-state index in [1.165, 1.54) is 18.5 Å². The van der Waals surface area contributed by atoms with Gasteiger partial charge in [-0.15, -0.1) is 0 Å². The van der Waals surface area contributed by atoms with Crippen molar-refractivity contribution in [2.24, 2.45) is 17.3 Å². The average Bonchev–Trinajstić information content (AvgIpc) is 3.24. The van der Waals surface area contributed by atoms with Gasteiger partial charge < -0.3 is 18.5 Å². The van der Waals surface area contributed by atoms with Gasteiger partial charge in [0.15, 0.2) is 12.1 Å². The van der Waals surface area contributed by atoms with E-state index in [1.54, 1.807) is 16.7 Å². The highest BCUT2D eigenvalue weighted by Gasteiger charge is 2.62. The molecule has 0 bridgehead atoms. The molecular formula is C22H30O4S. The third kappa shape index (κ3) is 2.51. The second kappa shape index (κ2) is 6.45. The molecule has 4 aliphatic carbocycles. The zero-order valence-electron chi connectivity index (χ0n) is 16.4. The minimum atomic E-state index is -0.629. The van der Waals surface area contributed by atoms with E-state index in [1.807, 2.05) is 6.26 Å². The zero-order valence-corrected chi connectivity index (χ0v) is 17.2. The summed E-state index contributed by atoms with van der Waals surface area (Å²) in [7, 11) is 0. The van der Waals surface area contributed by atoms with Crippen molar-refractivity contribution in [3.63, 3.8) is 0 Å². The molecule has 4 nitrogen and oxygen atoms in total. The van der Waals surface area contributed by atoms with Crippen LogP contribution < -0.4 is 0 Å². The minimum Gasteiger partial charge on any atom is -0.347 e. The first-order chi connectivity index (χ1) is 13.1. The highest BCUT2D eigenvalue weighted by atomic mass is 32.2. The van der Waals surface area contributed by atoms with Crippen LogP contribution >= 0.6 is 12.0 Å². The van der Waals surface area contributed by atoms with Gasteiger partial charge in [-0.3, -0.25) is 0 Å². The standard InChI is InChI=1S/C22H30O4S/c1-20-8-5-17-16-6-10-22(24-11-12-25-22)13-15(16)3-4-18(17)19(20)7-9-21(20,14-23)26-27-2/h5,14,18-19H,3-4,6-13H2,1-2H3/t18?,19?,20-,21-/m0/s1. The Kier molecular flexibility index (Phi) is 4.39. The molecule has 1 heterocycles. The fourth-order valence-corrected chi connectivity index (χ4v) is 7.43. The van der Waals surface area contributed by atoms with Gasteiger partial charge >= 0.3 is 0 Å². The topological polar surface area (TPSA) is 44.8 Å². The smallest absolute Gasteiger partial charge is 0.172 e. The predicted octanol–water partition coefficient (Wildman–Crippen LogP) is 4.60. The molecule has 5 rings (SSSR count). The molecule has 1 spiro atoms. The fraction of sp³-hybridized carbons (Fsp3) is 0.773. The number of allylic oxidation sites excluding steroid dienone is 3. The number of rotatable bonds is 3. The van der Waals surface area contributed by atoms with Crippen LogP contribution in [0.15, 0.2) is 22.8 Å². The Bertz CT molecular complexity index is 707. The largest absolute Gasteiger partial charge is 0.347 e. The normalized spacial score (nSPS) is 42.5. The Morgan fingerprint density at radius 2 is 2.04 bits per heavy atom. The molecule has 0 radical (unpaired) electrons. The SMILES string of the molecule is CSO[C@]1(C=O)CCC2C3CCC4=C(CCC5(C4)OCCO5)C3=CC[C@@]21C. The quantitative estimate of drug-likeness (QED) is 0.521. The molecule has 5 heteroatoms. The number of ether oxygens (including phenoxy) is 2. The number of hydrogen-bond donors (Lipinski definition) is 0. The van der Waals surface area contributed by atoms with E-state index in [-0.39, 0.29) is 11.2 Å². The van der Waals surface area contributed by atoms with Gasteiger partial charge in [0.05, 0.1) is 13.2 Å². The van der Waals surface area contributed by atoms with Crippen LogP contribution in [-0.2, 0) is 18.5 Å². The zero-order chi connectivity index (χ0) is 18.7. The third-order valence-electron chi connectivity index (χ3n) is 8.25. The van der Waals surface area contributed by atoms with Crippen molar-refractivity contribution in [3.05, 3.63) is 22.8 Å². The van der Waals surface area contributed by atoms with Gasteiger partial charge in [0.1, 0.15) is 5.60 Å². The van der Waals surface area contributed by atoms with Crippen LogP contribution in [0.3, 0.4) is 0 Å². The first-order valence-electron chi connectivity index (χ1n) is 10.4. The van der Waals surface area contributed by atoms with E-state index < -0.39 is 5.60 Å². The van der Waals surface area contributed by atoms with Crippen LogP contribution in [0.2, 0.25) is 0 Å². The van der Waals surface area contributed by atoms with Crippen LogP contribution in [-0.4, -0.2) is 37.1 Å². The first-order valence-corrected chi connectivity index (χ1v) is 11.6. The number of hydrogen-bond acceptors (Lipinski definition) is 5. The van der Waals surface area contributed by atoms with Gasteiger partial charge in [0, 0.05) is 24.5 Å². The molecule has 0 N–H and O–H groups in total. The third-order valence-corrected chi connectivity index (χ3v) is 8.71. The molecule has 0 aromatic carbocycles. The first kappa shape index (κ1) is 18.4. The van der Waals surface area contributed by atoms with Crippen molar-refractivity contribution >= 4 is 18.3 Å².